The molecule has 0 saturated heterocycles. The number of hydrogen-bond acceptors (Lipinski definition) is 3. The normalized spacial score (nSPS) is 10.3. The zero-order valence-electron chi connectivity index (χ0n) is 6.28. The number of aldehydes is 1. The third-order valence-corrected chi connectivity index (χ3v) is 1.73. The molecule has 2 N–H and O–H groups in total. The molecule has 1 heterocycles. The number of carbonyl (C=O) groups is 1. The number of rotatable bonds is 1. The van der Waals surface area contributed by atoms with Crippen molar-refractivity contribution in [2.75, 3.05) is 5.73 Å². The Labute approximate surface area is 68.8 Å². The maximum atomic E-state index is 10.4. The van der Waals surface area contributed by atoms with Crippen molar-refractivity contribution in [3.8, 4) is 0 Å². The highest BCUT2D eigenvalue weighted by molar-refractivity contribution is 5.93. The Bertz CT molecular complexity index is 431. The molecule has 0 atom stereocenters. The fourth-order valence-electron chi connectivity index (χ4n) is 1.16. The second-order valence-corrected chi connectivity index (χ2v) is 2.53. The van der Waals surface area contributed by atoms with Crippen LogP contribution in [0.2, 0.25) is 0 Å². The van der Waals surface area contributed by atoms with E-state index < -0.39 is 0 Å². The van der Waals surface area contributed by atoms with E-state index in [1.807, 2.05) is 0 Å². The van der Waals surface area contributed by atoms with E-state index in [4.69, 9.17) is 10.2 Å². The third-order valence-electron chi connectivity index (χ3n) is 1.73. The Kier molecular flexibility index (Phi) is 1.37. The number of fused-ring (bicyclic) bond motifs is 1. The van der Waals surface area contributed by atoms with E-state index >= 15 is 0 Å². The number of furan rings is 1. The molecule has 60 valence electrons. The Hall–Kier alpha value is -1.77. The van der Waals surface area contributed by atoms with E-state index in [0.717, 1.165) is 5.39 Å². The minimum atomic E-state index is 0.308. The fraction of sp³-hybridized carbons (Fsp3) is 0. The first-order chi connectivity index (χ1) is 5.81. The first-order valence-corrected chi connectivity index (χ1v) is 3.54. The van der Waals surface area contributed by atoms with E-state index in [2.05, 4.69) is 0 Å². The third kappa shape index (κ3) is 0.871. The molecular formula is C9H7NO2. The van der Waals surface area contributed by atoms with Gasteiger partial charge in [-0.2, -0.15) is 0 Å². The average molecular weight is 161 g/mol. The van der Waals surface area contributed by atoms with Crippen LogP contribution in [0, 0.1) is 0 Å². The number of anilines is 1. The van der Waals surface area contributed by atoms with Gasteiger partial charge in [0.2, 0.25) is 0 Å². The molecule has 0 aliphatic carbocycles. The second-order valence-electron chi connectivity index (χ2n) is 2.53. The van der Waals surface area contributed by atoms with E-state index in [1.54, 1.807) is 24.3 Å². The Balaban J connectivity index is 2.82. The highest BCUT2D eigenvalue weighted by Crippen LogP contribution is 2.23. The quantitative estimate of drug-likeness (QED) is 0.512. The van der Waals surface area contributed by atoms with Crippen LogP contribution in [-0.4, -0.2) is 6.29 Å². The van der Waals surface area contributed by atoms with Gasteiger partial charge in [0.05, 0.1) is 0 Å². The Morgan fingerprint density at radius 1 is 1.42 bits per heavy atom. The first-order valence-electron chi connectivity index (χ1n) is 3.54. The smallest absolute Gasteiger partial charge is 0.185 e. The molecule has 3 heteroatoms. The Morgan fingerprint density at radius 3 is 2.92 bits per heavy atom. The summed E-state index contributed by atoms with van der Waals surface area (Å²) in [5, 5.41) is 0.791. The molecule has 0 amide bonds. The second kappa shape index (κ2) is 2.37. The average Bonchev–Trinajstić information content (AvgIpc) is 2.49. The van der Waals surface area contributed by atoms with Crippen LogP contribution in [0.4, 0.5) is 5.69 Å². The number of carbonyl (C=O) groups excluding carboxylic acids is 1. The molecule has 12 heavy (non-hydrogen) atoms. The minimum Gasteiger partial charge on any atom is -0.453 e. The molecule has 1 aromatic carbocycles. The maximum absolute atomic E-state index is 10.4. The molecule has 0 spiro atoms. The predicted octanol–water partition coefficient (Wildman–Crippen LogP) is 1.83. The maximum Gasteiger partial charge on any atom is 0.185 e. The molecule has 0 unspecified atom stereocenters. The summed E-state index contributed by atoms with van der Waals surface area (Å²) in [6.45, 7) is 0. The molecule has 0 fully saturated rings. The van der Waals surface area contributed by atoms with Crippen LogP contribution in [0.3, 0.4) is 0 Å². The standard InChI is InChI=1S/C9H7NO2/c10-8-2-1-3-9-7(8)4-6(5-11)12-9/h1-5H,10H2. The predicted molar refractivity (Wildman–Crippen MR) is 46.0 cm³/mol. The minimum absolute atomic E-state index is 0.308. The van der Waals surface area contributed by atoms with Gasteiger partial charge in [-0.3, -0.25) is 4.79 Å². The number of nitrogen functional groups attached to an aromatic ring is 1. The SMILES string of the molecule is Nc1cccc2oc(C=O)cc12. The van der Waals surface area contributed by atoms with E-state index in [-0.39, 0.29) is 0 Å². The van der Waals surface area contributed by atoms with E-state index in [9.17, 15) is 4.79 Å². The molecular weight excluding hydrogens is 154 g/mol. The van der Waals surface area contributed by atoms with Crippen LogP contribution >= 0.6 is 0 Å². The summed E-state index contributed by atoms with van der Waals surface area (Å²) in [7, 11) is 0. The first kappa shape index (κ1) is 6.91. The summed E-state index contributed by atoms with van der Waals surface area (Å²) in [6.07, 6.45) is 0.666. The summed E-state index contributed by atoms with van der Waals surface area (Å²) < 4.78 is 5.15. The number of benzene rings is 1. The summed E-state index contributed by atoms with van der Waals surface area (Å²) in [5.74, 6) is 0.308. The van der Waals surface area contributed by atoms with Gasteiger partial charge in [-0.25, -0.2) is 0 Å². The highest BCUT2D eigenvalue weighted by atomic mass is 16.3. The number of nitrogens with two attached hydrogens (primary N) is 1. The molecule has 0 radical (unpaired) electrons. The lowest BCUT2D eigenvalue weighted by Crippen LogP contribution is -1.82. The van der Waals surface area contributed by atoms with Gasteiger partial charge < -0.3 is 10.2 Å². The van der Waals surface area contributed by atoms with Gasteiger partial charge >= 0.3 is 0 Å². The van der Waals surface area contributed by atoms with Gasteiger partial charge in [0, 0.05) is 11.1 Å². The zero-order chi connectivity index (χ0) is 8.55. The van der Waals surface area contributed by atoms with Crippen LogP contribution in [-0.2, 0) is 0 Å². The van der Waals surface area contributed by atoms with Gasteiger partial charge in [-0.05, 0) is 18.2 Å². The molecule has 2 rings (SSSR count). The van der Waals surface area contributed by atoms with Crippen molar-refractivity contribution in [1.82, 2.24) is 0 Å². The van der Waals surface area contributed by atoms with Crippen molar-refractivity contribution < 1.29 is 9.21 Å². The van der Waals surface area contributed by atoms with Crippen LogP contribution in [0.25, 0.3) is 11.0 Å². The van der Waals surface area contributed by atoms with Crippen molar-refractivity contribution in [3.05, 3.63) is 30.0 Å². The molecule has 3 nitrogen and oxygen atoms in total. The summed E-state index contributed by atoms with van der Waals surface area (Å²) in [6, 6.07) is 6.97. The van der Waals surface area contributed by atoms with Crippen molar-refractivity contribution in [2.24, 2.45) is 0 Å². The summed E-state index contributed by atoms with van der Waals surface area (Å²) in [4.78, 5) is 10.4. The molecule has 1 aromatic heterocycles. The van der Waals surface area contributed by atoms with Crippen LogP contribution in [0.1, 0.15) is 10.6 Å². The van der Waals surface area contributed by atoms with Crippen molar-refractivity contribution in [3.63, 3.8) is 0 Å². The van der Waals surface area contributed by atoms with Gasteiger partial charge in [0.15, 0.2) is 12.0 Å². The summed E-state index contributed by atoms with van der Waals surface area (Å²) >= 11 is 0. The van der Waals surface area contributed by atoms with Gasteiger partial charge in [-0.1, -0.05) is 6.07 Å². The molecule has 2 aromatic rings. The lowest BCUT2D eigenvalue weighted by atomic mass is 10.2. The Morgan fingerprint density at radius 2 is 2.25 bits per heavy atom. The van der Waals surface area contributed by atoms with Crippen molar-refractivity contribution in [1.29, 1.82) is 0 Å². The summed E-state index contributed by atoms with van der Waals surface area (Å²) in [5.41, 5.74) is 6.93. The van der Waals surface area contributed by atoms with Crippen molar-refractivity contribution in [2.45, 2.75) is 0 Å². The highest BCUT2D eigenvalue weighted by Gasteiger charge is 2.03. The molecule has 0 bridgehead atoms. The molecule has 0 saturated carbocycles. The van der Waals surface area contributed by atoms with Crippen LogP contribution < -0.4 is 5.73 Å². The number of hydrogen-bond donors (Lipinski definition) is 1. The largest absolute Gasteiger partial charge is 0.453 e. The van der Waals surface area contributed by atoms with E-state index in [0.29, 0.717) is 23.3 Å². The zero-order valence-corrected chi connectivity index (χ0v) is 6.28. The topological polar surface area (TPSA) is 56.2 Å². The van der Waals surface area contributed by atoms with Gasteiger partial charge in [0.25, 0.3) is 0 Å². The lowest BCUT2D eigenvalue weighted by Gasteiger charge is -1.90. The lowest BCUT2D eigenvalue weighted by molar-refractivity contribution is 0.110. The van der Waals surface area contributed by atoms with Crippen LogP contribution in [0.15, 0.2) is 28.7 Å². The van der Waals surface area contributed by atoms with Crippen molar-refractivity contribution >= 4 is 22.9 Å². The monoisotopic (exact) mass is 161 g/mol. The fourth-order valence-corrected chi connectivity index (χ4v) is 1.16. The van der Waals surface area contributed by atoms with E-state index in [1.165, 1.54) is 0 Å². The molecule has 0 aliphatic heterocycles. The molecule has 0 aliphatic rings. The van der Waals surface area contributed by atoms with Crippen LogP contribution in [0.5, 0.6) is 0 Å². The van der Waals surface area contributed by atoms with Gasteiger partial charge in [-0.15, -0.1) is 0 Å². The van der Waals surface area contributed by atoms with Gasteiger partial charge in [0.1, 0.15) is 5.58 Å².